The number of amides is 1. The quantitative estimate of drug-likeness (QED) is 0.0320. The Bertz CT molecular complexity index is 1230. The van der Waals surface area contributed by atoms with E-state index in [0.29, 0.717) is 19.4 Å². The van der Waals surface area contributed by atoms with Crippen LogP contribution >= 0.6 is 0 Å². The van der Waals surface area contributed by atoms with Crippen molar-refractivity contribution in [3.63, 3.8) is 0 Å². The minimum Gasteiger partial charge on any atom is -0.466 e. The number of aliphatic hydroxyl groups excluding tert-OH is 2. The molecule has 0 spiro atoms. The fourth-order valence-corrected chi connectivity index (χ4v) is 10.7. The van der Waals surface area contributed by atoms with Gasteiger partial charge >= 0.3 is 5.97 Å². The molecule has 0 aliphatic rings. The van der Waals surface area contributed by atoms with Crippen LogP contribution in [0.5, 0.6) is 0 Å². The van der Waals surface area contributed by atoms with E-state index in [4.69, 9.17) is 4.74 Å². The molecule has 0 aliphatic heterocycles. The summed E-state index contributed by atoms with van der Waals surface area (Å²) in [5.74, 6) is -0.0589. The Morgan fingerprint density at radius 3 is 1.00 bits per heavy atom. The van der Waals surface area contributed by atoms with Crippen LogP contribution in [0.2, 0.25) is 0 Å². The first-order valence-corrected chi connectivity index (χ1v) is 34.3. The zero-order valence-electron chi connectivity index (χ0n) is 51.3. The zero-order chi connectivity index (χ0) is 55.0. The molecular formula is C70H133NO5. The first-order chi connectivity index (χ1) is 37.5. The summed E-state index contributed by atoms with van der Waals surface area (Å²) in [7, 11) is 0. The van der Waals surface area contributed by atoms with E-state index >= 15 is 0 Å². The smallest absolute Gasteiger partial charge is 0.305 e. The number of aliphatic hydroxyl groups is 2. The molecule has 1 amide bonds. The van der Waals surface area contributed by atoms with Crippen molar-refractivity contribution in [2.45, 2.75) is 386 Å². The second-order valence-corrected chi connectivity index (χ2v) is 23.5. The standard InChI is InChI=1S/C70H133NO5/c1-3-5-7-9-11-13-15-17-19-30-34-38-42-46-50-54-58-62-68(73)67(66-72)71-69(74)63-59-55-51-47-43-39-35-32-28-26-24-22-21-23-25-27-29-33-37-41-45-49-53-57-61-65-76-70(75)64-60-56-52-48-44-40-36-31-20-18-16-14-12-10-8-6-4-2/h22-25,58,62,67-68,72-73H,3-21,26-57,59-61,63-66H2,1-2H3,(H,71,74)/b24-22-,25-23-,62-58+. The van der Waals surface area contributed by atoms with Crippen LogP contribution in [0.1, 0.15) is 373 Å². The van der Waals surface area contributed by atoms with Crippen LogP contribution in [0, 0.1) is 0 Å². The van der Waals surface area contributed by atoms with E-state index in [9.17, 15) is 19.8 Å². The molecule has 0 bridgehead atoms. The highest BCUT2D eigenvalue weighted by atomic mass is 16.5. The molecule has 6 heteroatoms. The van der Waals surface area contributed by atoms with Gasteiger partial charge in [0.2, 0.25) is 5.91 Å². The maximum absolute atomic E-state index is 12.5. The van der Waals surface area contributed by atoms with Crippen LogP contribution in [0.4, 0.5) is 0 Å². The Balaban J connectivity index is 3.44. The number of carbonyl (C=O) groups is 2. The molecule has 448 valence electrons. The van der Waals surface area contributed by atoms with Crippen molar-refractivity contribution >= 4 is 11.9 Å². The summed E-state index contributed by atoms with van der Waals surface area (Å²) >= 11 is 0. The normalized spacial score (nSPS) is 12.7. The first-order valence-electron chi connectivity index (χ1n) is 34.3. The molecule has 0 heterocycles. The minimum atomic E-state index is -0.849. The fraction of sp³-hybridized carbons (Fsp3) is 0.886. The van der Waals surface area contributed by atoms with Crippen LogP contribution in [-0.4, -0.2) is 47.4 Å². The number of ether oxygens (including phenoxy) is 1. The molecule has 2 atom stereocenters. The van der Waals surface area contributed by atoms with Crippen molar-refractivity contribution in [1.82, 2.24) is 5.32 Å². The number of nitrogens with one attached hydrogen (secondary N) is 1. The van der Waals surface area contributed by atoms with Gasteiger partial charge in [0, 0.05) is 12.8 Å². The van der Waals surface area contributed by atoms with E-state index in [1.54, 1.807) is 6.08 Å². The molecule has 3 N–H and O–H groups in total. The van der Waals surface area contributed by atoms with Crippen molar-refractivity contribution in [1.29, 1.82) is 0 Å². The Labute approximate surface area is 474 Å². The summed E-state index contributed by atoms with van der Waals surface area (Å²) in [5, 5.41) is 23.2. The van der Waals surface area contributed by atoms with Gasteiger partial charge in [-0.1, -0.05) is 333 Å². The SMILES string of the molecule is CCCCCCCCCCCCCCCCC/C=C/C(O)C(CO)NC(=O)CCCCCCCCCCC/C=C\C/C=C\CCCCCCCCCCCOC(=O)CCCCCCCCCCCCCCCCCCC. The van der Waals surface area contributed by atoms with Crippen LogP contribution in [0.25, 0.3) is 0 Å². The van der Waals surface area contributed by atoms with E-state index in [-0.39, 0.29) is 18.5 Å². The highest BCUT2D eigenvalue weighted by Gasteiger charge is 2.18. The second-order valence-electron chi connectivity index (χ2n) is 23.5. The fourth-order valence-electron chi connectivity index (χ4n) is 10.7. The van der Waals surface area contributed by atoms with Crippen molar-refractivity contribution in [3.05, 3.63) is 36.5 Å². The average Bonchev–Trinajstić information content (AvgIpc) is 3.42. The summed E-state index contributed by atoms with van der Waals surface area (Å²) in [6, 6.07) is -0.633. The number of allylic oxidation sites excluding steroid dienone is 5. The van der Waals surface area contributed by atoms with Gasteiger partial charge in [0.25, 0.3) is 0 Å². The third-order valence-electron chi connectivity index (χ3n) is 15.9. The van der Waals surface area contributed by atoms with Gasteiger partial charge in [-0.05, 0) is 64.2 Å². The molecule has 0 aromatic rings. The summed E-state index contributed by atoms with van der Waals surface area (Å²) in [4.78, 5) is 24.6. The van der Waals surface area contributed by atoms with E-state index in [1.807, 2.05) is 6.08 Å². The van der Waals surface area contributed by atoms with Gasteiger partial charge < -0.3 is 20.3 Å². The van der Waals surface area contributed by atoms with Crippen LogP contribution in [0.3, 0.4) is 0 Å². The molecule has 0 saturated heterocycles. The Morgan fingerprint density at radius 1 is 0.368 bits per heavy atom. The van der Waals surface area contributed by atoms with Gasteiger partial charge in [0.05, 0.1) is 25.4 Å². The lowest BCUT2D eigenvalue weighted by molar-refractivity contribution is -0.143. The highest BCUT2D eigenvalue weighted by molar-refractivity contribution is 5.76. The third-order valence-corrected chi connectivity index (χ3v) is 15.9. The van der Waals surface area contributed by atoms with E-state index in [1.165, 1.54) is 302 Å². The molecule has 0 aromatic carbocycles. The Hall–Kier alpha value is -1.92. The van der Waals surface area contributed by atoms with Gasteiger partial charge in [-0.2, -0.15) is 0 Å². The predicted molar refractivity (Wildman–Crippen MR) is 333 cm³/mol. The summed E-state index contributed by atoms with van der Waals surface area (Å²) in [5.41, 5.74) is 0. The van der Waals surface area contributed by atoms with Gasteiger partial charge in [0.1, 0.15) is 0 Å². The number of hydrogen-bond donors (Lipinski definition) is 3. The Morgan fingerprint density at radius 2 is 0.658 bits per heavy atom. The van der Waals surface area contributed by atoms with Crippen LogP contribution in [0.15, 0.2) is 36.5 Å². The lowest BCUT2D eigenvalue weighted by atomic mass is 10.0. The molecular weight excluding hydrogens is 935 g/mol. The number of rotatable bonds is 64. The maximum atomic E-state index is 12.5. The molecule has 0 rings (SSSR count). The highest BCUT2D eigenvalue weighted by Crippen LogP contribution is 2.18. The topological polar surface area (TPSA) is 95.9 Å². The van der Waals surface area contributed by atoms with Gasteiger partial charge in [0.15, 0.2) is 0 Å². The molecule has 2 unspecified atom stereocenters. The molecule has 0 aliphatic carbocycles. The molecule has 0 radical (unpaired) electrons. The Kier molecular flexibility index (Phi) is 63.9. The van der Waals surface area contributed by atoms with E-state index in [2.05, 4.69) is 43.5 Å². The first kappa shape index (κ1) is 74.1. The number of hydrogen-bond acceptors (Lipinski definition) is 5. The second kappa shape index (κ2) is 65.6. The maximum Gasteiger partial charge on any atom is 0.305 e. The van der Waals surface area contributed by atoms with E-state index < -0.39 is 12.1 Å². The van der Waals surface area contributed by atoms with Gasteiger partial charge in [-0.15, -0.1) is 0 Å². The van der Waals surface area contributed by atoms with Gasteiger partial charge in [-0.25, -0.2) is 0 Å². The number of carbonyl (C=O) groups excluding carboxylic acids is 2. The predicted octanol–water partition coefficient (Wildman–Crippen LogP) is 21.9. The van der Waals surface area contributed by atoms with Crippen molar-refractivity contribution in [2.24, 2.45) is 0 Å². The minimum absolute atomic E-state index is 0.0129. The van der Waals surface area contributed by atoms with Crippen molar-refractivity contribution < 1.29 is 24.5 Å². The summed E-state index contributed by atoms with van der Waals surface area (Å²) in [6.45, 7) is 4.93. The molecule has 6 nitrogen and oxygen atoms in total. The van der Waals surface area contributed by atoms with Crippen LogP contribution in [-0.2, 0) is 14.3 Å². The lowest BCUT2D eigenvalue weighted by Crippen LogP contribution is -2.45. The summed E-state index contributed by atoms with van der Waals surface area (Å²) < 4.78 is 5.50. The third kappa shape index (κ3) is 61.3. The molecule has 76 heavy (non-hydrogen) atoms. The number of unbranched alkanes of at least 4 members (excludes halogenated alkanes) is 49. The summed E-state index contributed by atoms with van der Waals surface area (Å²) in [6.07, 6.45) is 83.5. The number of esters is 1. The zero-order valence-corrected chi connectivity index (χ0v) is 51.3. The largest absolute Gasteiger partial charge is 0.466 e. The van der Waals surface area contributed by atoms with Gasteiger partial charge in [-0.3, -0.25) is 9.59 Å². The van der Waals surface area contributed by atoms with Crippen molar-refractivity contribution in [2.75, 3.05) is 13.2 Å². The average molecular weight is 1070 g/mol. The molecule has 0 saturated carbocycles. The monoisotopic (exact) mass is 1070 g/mol. The van der Waals surface area contributed by atoms with Crippen LogP contribution < -0.4 is 5.32 Å². The van der Waals surface area contributed by atoms with Crippen molar-refractivity contribution in [3.8, 4) is 0 Å². The molecule has 0 fully saturated rings. The molecule has 0 aromatic heterocycles. The lowest BCUT2D eigenvalue weighted by Gasteiger charge is -2.20. The van der Waals surface area contributed by atoms with E-state index in [0.717, 1.165) is 44.9 Å².